The van der Waals surface area contributed by atoms with Crippen molar-refractivity contribution in [2.75, 3.05) is 13.2 Å². The molecular weight excluding hydrogens is 464 g/mol. The zero-order valence-corrected chi connectivity index (χ0v) is 19.7. The van der Waals surface area contributed by atoms with Crippen LogP contribution in [-0.4, -0.2) is 25.2 Å². The van der Waals surface area contributed by atoms with E-state index >= 15 is 0 Å². The smallest absolute Gasteiger partial charge is 0.374 e. The molecule has 0 aliphatic heterocycles. The van der Waals surface area contributed by atoms with E-state index in [9.17, 15) is 19.2 Å². The summed E-state index contributed by atoms with van der Waals surface area (Å²) in [5, 5.41) is 0.841. The van der Waals surface area contributed by atoms with Crippen molar-refractivity contribution in [3.05, 3.63) is 92.6 Å². The number of fused-ring (bicyclic) bond motifs is 2. The Morgan fingerprint density at radius 3 is 1.42 bits per heavy atom. The molecule has 0 amide bonds. The molecule has 0 saturated carbocycles. The van der Waals surface area contributed by atoms with E-state index in [0.29, 0.717) is 34.8 Å². The van der Waals surface area contributed by atoms with Crippen LogP contribution in [0.5, 0.6) is 0 Å². The second-order valence-electron chi connectivity index (χ2n) is 8.34. The van der Waals surface area contributed by atoms with E-state index in [0.717, 1.165) is 37.8 Å². The van der Waals surface area contributed by atoms with Crippen molar-refractivity contribution >= 4 is 33.9 Å². The average molecular weight is 491 g/mol. The summed E-state index contributed by atoms with van der Waals surface area (Å²) in [5.41, 5.74) is 0.140. The summed E-state index contributed by atoms with van der Waals surface area (Å²) >= 11 is 0. The number of unbranched alkanes of at least 4 members (excludes halogenated alkanes) is 5. The van der Waals surface area contributed by atoms with Crippen LogP contribution < -0.4 is 10.9 Å². The molecule has 0 atom stereocenters. The third kappa shape index (κ3) is 6.27. The highest BCUT2D eigenvalue weighted by Crippen LogP contribution is 2.14. The zero-order chi connectivity index (χ0) is 25.3. The molecule has 0 spiro atoms. The molecule has 2 aromatic carbocycles. The SMILES string of the molecule is O=C(OCCCCCCCCOC(=O)c1cc(=O)c2ccccc2o1)c1cc(=O)c2ccccc2o1. The van der Waals surface area contributed by atoms with Gasteiger partial charge < -0.3 is 18.3 Å². The lowest BCUT2D eigenvalue weighted by atomic mass is 10.1. The largest absolute Gasteiger partial charge is 0.460 e. The van der Waals surface area contributed by atoms with E-state index in [2.05, 4.69) is 0 Å². The van der Waals surface area contributed by atoms with Crippen LogP contribution in [0.4, 0.5) is 0 Å². The molecule has 0 saturated heterocycles. The van der Waals surface area contributed by atoms with Gasteiger partial charge in [0.2, 0.25) is 11.5 Å². The Morgan fingerprint density at radius 2 is 0.972 bits per heavy atom. The molecule has 0 aliphatic rings. The van der Waals surface area contributed by atoms with Gasteiger partial charge in [0.05, 0.1) is 24.0 Å². The number of hydrogen-bond donors (Lipinski definition) is 0. The number of carbonyl (C=O) groups excluding carboxylic acids is 2. The number of carbonyl (C=O) groups is 2. The number of benzene rings is 2. The van der Waals surface area contributed by atoms with Gasteiger partial charge in [0.15, 0.2) is 10.9 Å². The Bertz CT molecular complexity index is 1370. The number of hydrogen-bond acceptors (Lipinski definition) is 8. The Balaban J connectivity index is 1.08. The summed E-state index contributed by atoms with van der Waals surface area (Å²) in [6, 6.07) is 15.8. The van der Waals surface area contributed by atoms with Crippen molar-refractivity contribution in [3.8, 4) is 0 Å². The molecule has 2 heterocycles. The second kappa shape index (κ2) is 12.0. The first-order valence-electron chi connectivity index (χ1n) is 11.9. The molecule has 0 unspecified atom stereocenters. The minimum Gasteiger partial charge on any atom is -0.460 e. The maximum Gasteiger partial charge on any atom is 0.374 e. The van der Waals surface area contributed by atoms with E-state index in [-0.39, 0.29) is 35.6 Å². The van der Waals surface area contributed by atoms with Crippen LogP contribution in [0.15, 0.2) is 79.1 Å². The minimum atomic E-state index is -0.651. The molecule has 2 aromatic heterocycles. The van der Waals surface area contributed by atoms with Crippen molar-refractivity contribution in [1.29, 1.82) is 0 Å². The van der Waals surface area contributed by atoms with Crippen molar-refractivity contribution in [1.82, 2.24) is 0 Å². The highest BCUT2D eigenvalue weighted by atomic mass is 16.5. The lowest BCUT2D eigenvalue weighted by Gasteiger charge is -2.06. The van der Waals surface area contributed by atoms with Crippen LogP contribution in [0, 0.1) is 0 Å². The van der Waals surface area contributed by atoms with Crippen LogP contribution in [0.2, 0.25) is 0 Å². The molecule has 8 nitrogen and oxygen atoms in total. The van der Waals surface area contributed by atoms with E-state index in [1.807, 2.05) is 0 Å². The van der Waals surface area contributed by atoms with Crippen LogP contribution in [0.25, 0.3) is 21.9 Å². The van der Waals surface area contributed by atoms with Gasteiger partial charge in [-0.05, 0) is 37.1 Å². The normalized spacial score (nSPS) is 11.0. The minimum absolute atomic E-state index is 0.101. The molecule has 36 heavy (non-hydrogen) atoms. The maximum atomic E-state index is 12.2. The summed E-state index contributed by atoms with van der Waals surface area (Å²) in [6.07, 6.45) is 5.01. The van der Waals surface area contributed by atoms with Crippen molar-refractivity contribution < 1.29 is 27.9 Å². The molecule has 0 N–H and O–H groups in total. The van der Waals surface area contributed by atoms with Gasteiger partial charge in [0.1, 0.15) is 11.2 Å². The Morgan fingerprint density at radius 1 is 0.583 bits per heavy atom. The second-order valence-corrected chi connectivity index (χ2v) is 8.34. The molecule has 0 bridgehead atoms. The first kappa shape index (κ1) is 24.9. The van der Waals surface area contributed by atoms with Crippen LogP contribution in [0.3, 0.4) is 0 Å². The molecule has 0 fully saturated rings. The lowest BCUT2D eigenvalue weighted by Crippen LogP contribution is -2.11. The maximum absolute atomic E-state index is 12.2. The van der Waals surface area contributed by atoms with Gasteiger partial charge in [0.25, 0.3) is 0 Å². The summed E-state index contributed by atoms with van der Waals surface area (Å²) < 4.78 is 21.4. The van der Waals surface area contributed by atoms with Crippen LogP contribution in [0.1, 0.15) is 59.6 Å². The average Bonchev–Trinajstić information content (AvgIpc) is 2.89. The third-order valence-electron chi connectivity index (χ3n) is 5.68. The van der Waals surface area contributed by atoms with E-state index in [4.69, 9.17) is 18.3 Å². The fourth-order valence-electron chi connectivity index (χ4n) is 3.79. The molecule has 4 aromatic rings. The van der Waals surface area contributed by atoms with Crippen molar-refractivity contribution in [3.63, 3.8) is 0 Å². The predicted octanol–water partition coefficient (Wildman–Crippen LogP) is 5.25. The number of esters is 2. The molecule has 186 valence electrons. The standard InChI is InChI=1S/C28H26O8/c29-21-17-25(35-23-13-7-5-11-19(21)23)27(31)33-15-9-3-1-2-4-10-16-34-28(32)26-18-22(30)20-12-6-8-14-24(20)36-26/h5-8,11-14,17-18H,1-4,9-10,15-16H2. The van der Waals surface area contributed by atoms with E-state index < -0.39 is 11.9 Å². The molecule has 4 rings (SSSR count). The van der Waals surface area contributed by atoms with Gasteiger partial charge in [-0.1, -0.05) is 49.9 Å². The van der Waals surface area contributed by atoms with E-state index in [1.54, 1.807) is 48.5 Å². The monoisotopic (exact) mass is 490 g/mol. The Kier molecular flexibility index (Phi) is 8.28. The molecular formula is C28H26O8. The van der Waals surface area contributed by atoms with Crippen LogP contribution >= 0.6 is 0 Å². The van der Waals surface area contributed by atoms with Gasteiger partial charge >= 0.3 is 11.9 Å². The summed E-state index contributed by atoms with van der Waals surface area (Å²) in [5.74, 6) is -1.50. The first-order chi connectivity index (χ1) is 17.5. The van der Waals surface area contributed by atoms with Gasteiger partial charge in [0, 0.05) is 12.1 Å². The molecule has 0 aliphatic carbocycles. The van der Waals surface area contributed by atoms with Gasteiger partial charge in [-0.15, -0.1) is 0 Å². The zero-order valence-electron chi connectivity index (χ0n) is 19.7. The quantitative estimate of drug-likeness (QED) is 0.207. The van der Waals surface area contributed by atoms with E-state index in [1.165, 1.54) is 0 Å². The third-order valence-corrected chi connectivity index (χ3v) is 5.68. The molecule has 0 radical (unpaired) electrons. The number of ether oxygens (including phenoxy) is 2. The summed E-state index contributed by atoms with van der Waals surface area (Å²) in [4.78, 5) is 48.5. The van der Waals surface area contributed by atoms with Gasteiger partial charge in [-0.3, -0.25) is 9.59 Å². The predicted molar refractivity (Wildman–Crippen MR) is 133 cm³/mol. The summed E-state index contributed by atoms with van der Waals surface area (Å²) in [7, 11) is 0. The Hall–Kier alpha value is -4.20. The van der Waals surface area contributed by atoms with Gasteiger partial charge in [-0.25, -0.2) is 9.59 Å². The molecule has 8 heteroatoms. The topological polar surface area (TPSA) is 113 Å². The van der Waals surface area contributed by atoms with Crippen LogP contribution in [-0.2, 0) is 9.47 Å². The highest BCUT2D eigenvalue weighted by Gasteiger charge is 2.14. The number of rotatable bonds is 11. The van der Waals surface area contributed by atoms with Gasteiger partial charge in [-0.2, -0.15) is 0 Å². The fourth-order valence-corrected chi connectivity index (χ4v) is 3.79. The summed E-state index contributed by atoms with van der Waals surface area (Å²) in [6.45, 7) is 0.480. The number of para-hydroxylation sites is 2. The van der Waals surface area contributed by atoms with Crippen molar-refractivity contribution in [2.24, 2.45) is 0 Å². The van der Waals surface area contributed by atoms with Crippen molar-refractivity contribution in [2.45, 2.75) is 38.5 Å². The lowest BCUT2D eigenvalue weighted by molar-refractivity contribution is 0.0450. The first-order valence-corrected chi connectivity index (χ1v) is 11.9. The highest BCUT2D eigenvalue weighted by molar-refractivity contribution is 5.89. The Labute approximate surface area is 206 Å². The fraction of sp³-hybridized carbons (Fsp3) is 0.286.